The van der Waals surface area contributed by atoms with Crippen LogP contribution in [-0.2, 0) is 0 Å². The van der Waals surface area contributed by atoms with Crippen molar-refractivity contribution in [3.05, 3.63) is 11.9 Å². The maximum atomic E-state index is 4.76. The number of hydrogen-bond donors (Lipinski definition) is 2. The van der Waals surface area contributed by atoms with Crippen molar-refractivity contribution in [1.29, 1.82) is 0 Å². The van der Waals surface area contributed by atoms with E-state index in [0.29, 0.717) is 12.0 Å². The Morgan fingerprint density at radius 2 is 1.86 bits per heavy atom. The second-order valence-electron chi connectivity index (χ2n) is 6.76. The lowest BCUT2D eigenvalue weighted by Gasteiger charge is -2.18. The Morgan fingerprint density at radius 3 is 2.62 bits per heavy atom. The summed E-state index contributed by atoms with van der Waals surface area (Å²) >= 11 is 0. The van der Waals surface area contributed by atoms with Gasteiger partial charge in [0.05, 0.1) is 0 Å². The second kappa shape index (κ2) is 6.63. The number of anilines is 2. The van der Waals surface area contributed by atoms with E-state index in [2.05, 4.69) is 35.5 Å². The lowest BCUT2D eigenvalue weighted by Crippen LogP contribution is -2.20. The minimum Gasteiger partial charge on any atom is -0.370 e. The molecule has 4 nitrogen and oxygen atoms in total. The molecule has 0 aliphatic heterocycles. The zero-order valence-corrected chi connectivity index (χ0v) is 13.4. The van der Waals surface area contributed by atoms with Crippen molar-refractivity contribution in [2.24, 2.45) is 5.92 Å². The Bertz CT molecular complexity index is 470. The van der Waals surface area contributed by atoms with Crippen LogP contribution < -0.4 is 10.6 Å². The Hall–Kier alpha value is -1.32. The number of aromatic nitrogens is 2. The molecule has 0 amide bonds. The summed E-state index contributed by atoms with van der Waals surface area (Å²) in [4.78, 5) is 9.41. The van der Waals surface area contributed by atoms with Gasteiger partial charge in [0.25, 0.3) is 0 Å². The molecule has 0 aromatic carbocycles. The fraction of sp³-hybridized carbons (Fsp3) is 0.765. The SMILES string of the molecule is CCNc1cc(NC2CCCC(C)CC2)nc(C2CC2)n1. The Labute approximate surface area is 128 Å². The molecule has 2 unspecified atom stereocenters. The van der Waals surface area contributed by atoms with Crippen LogP contribution in [0.4, 0.5) is 11.6 Å². The van der Waals surface area contributed by atoms with E-state index in [0.717, 1.165) is 29.9 Å². The molecule has 1 heterocycles. The zero-order chi connectivity index (χ0) is 14.7. The summed E-state index contributed by atoms with van der Waals surface area (Å²) in [6, 6.07) is 2.65. The zero-order valence-electron chi connectivity index (χ0n) is 13.4. The van der Waals surface area contributed by atoms with Gasteiger partial charge in [-0.15, -0.1) is 0 Å². The molecule has 21 heavy (non-hydrogen) atoms. The van der Waals surface area contributed by atoms with Crippen LogP contribution in [-0.4, -0.2) is 22.6 Å². The van der Waals surface area contributed by atoms with Crippen LogP contribution in [0.1, 0.15) is 70.5 Å². The van der Waals surface area contributed by atoms with Gasteiger partial charge < -0.3 is 10.6 Å². The van der Waals surface area contributed by atoms with E-state index >= 15 is 0 Å². The first-order chi connectivity index (χ1) is 10.2. The first-order valence-electron chi connectivity index (χ1n) is 8.64. The van der Waals surface area contributed by atoms with Crippen LogP contribution in [0.2, 0.25) is 0 Å². The Kier molecular flexibility index (Phi) is 4.61. The van der Waals surface area contributed by atoms with Gasteiger partial charge in [0.1, 0.15) is 17.5 Å². The summed E-state index contributed by atoms with van der Waals surface area (Å²) in [7, 11) is 0. The smallest absolute Gasteiger partial charge is 0.136 e. The third-order valence-electron chi connectivity index (χ3n) is 4.65. The highest BCUT2D eigenvalue weighted by Crippen LogP contribution is 2.39. The van der Waals surface area contributed by atoms with Crippen molar-refractivity contribution >= 4 is 11.6 Å². The molecule has 2 N–H and O–H groups in total. The molecule has 116 valence electrons. The normalized spacial score (nSPS) is 26.2. The summed E-state index contributed by atoms with van der Waals surface area (Å²) in [5, 5.41) is 7.01. The summed E-state index contributed by atoms with van der Waals surface area (Å²) in [6.07, 6.45) is 9.06. The monoisotopic (exact) mass is 288 g/mol. The predicted molar refractivity (Wildman–Crippen MR) is 87.8 cm³/mol. The third kappa shape index (κ3) is 4.08. The molecule has 3 rings (SSSR count). The van der Waals surface area contributed by atoms with Gasteiger partial charge in [-0.2, -0.15) is 0 Å². The first kappa shape index (κ1) is 14.6. The lowest BCUT2D eigenvalue weighted by molar-refractivity contribution is 0.502. The molecule has 0 spiro atoms. The van der Waals surface area contributed by atoms with Crippen molar-refractivity contribution in [3.63, 3.8) is 0 Å². The Morgan fingerprint density at radius 1 is 1.05 bits per heavy atom. The molecule has 0 bridgehead atoms. The molecule has 2 aliphatic rings. The van der Waals surface area contributed by atoms with E-state index in [4.69, 9.17) is 4.98 Å². The summed E-state index contributed by atoms with van der Waals surface area (Å²) in [5.41, 5.74) is 0. The number of nitrogens with zero attached hydrogens (tertiary/aromatic N) is 2. The van der Waals surface area contributed by atoms with Crippen molar-refractivity contribution in [2.45, 2.75) is 70.8 Å². The molecule has 2 fully saturated rings. The summed E-state index contributed by atoms with van der Waals surface area (Å²) in [6.45, 7) is 5.39. The van der Waals surface area contributed by atoms with E-state index in [-0.39, 0.29) is 0 Å². The molecule has 4 heteroatoms. The van der Waals surface area contributed by atoms with Crippen molar-refractivity contribution in [2.75, 3.05) is 17.2 Å². The van der Waals surface area contributed by atoms with Crippen LogP contribution in [0.5, 0.6) is 0 Å². The third-order valence-corrected chi connectivity index (χ3v) is 4.65. The molecule has 2 aliphatic carbocycles. The van der Waals surface area contributed by atoms with Gasteiger partial charge in [-0.25, -0.2) is 9.97 Å². The fourth-order valence-corrected chi connectivity index (χ4v) is 3.18. The lowest BCUT2D eigenvalue weighted by atomic mass is 10.0. The van der Waals surface area contributed by atoms with Crippen LogP contribution in [0.3, 0.4) is 0 Å². The second-order valence-corrected chi connectivity index (χ2v) is 6.76. The molecule has 2 saturated carbocycles. The van der Waals surface area contributed by atoms with Gasteiger partial charge in [0, 0.05) is 24.6 Å². The maximum Gasteiger partial charge on any atom is 0.136 e. The minimum atomic E-state index is 0.575. The molecule has 0 saturated heterocycles. The van der Waals surface area contributed by atoms with Gasteiger partial charge >= 0.3 is 0 Å². The van der Waals surface area contributed by atoms with Gasteiger partial charge in [-0.1, -0.05) is 19.8 Å². The van der Waals surface area contributed by atoms with Crippen LogP contribution >= 0.6 is 0 Å². The number of hydrogen-bond acceptors (Lipinski definition) is 4. The minimum absolute atomic E-state index is 0.575. The van der Waals surface area contributed by atoms with Gasteiger partial charge in [0.2, 0.25) is 0 Å². The molecule has 2 atom stereocenters. The average Bonchev–Trinajstić information content (AvgIpc) is 3.28. The molecular formula is C17H28N4. The highest BCUT2D eigenvalue weighted by molar-refractivity contribution is 5.48. The number of rotatable bonds is 5. The molecule has 1 aromatic heterocycles. The molecule has 0 radical (unpaired) electrons. The number of nitrogens with one attached hydrogen (secondary N) is 2. The predicted octanol–water partition coefficient (Wildman–Crippen LogP) is 4.17. The topological polar surface area (TPSA) is 49.8 Å². The van der Waals surface area contributed by atoms with E-state index in [1.807, 2.05) is 0 Å². The highest BCUT2D eigenvalue weighted by Gasteiger charge is 2.27. The average molecular weight is 288 g/mol. The quantitative estimate of drug-likeness (QED) is 0.799. The Balaban J connectivity index is 1.71. The van der Waals surface area contributed by atoms with Crippen molar-refractivity contribution in [3.8, 4) is 0 Å². The highest BCUT2D eigenvalue weighted by atomic mass is 15.1. The van der Waals surface area contributed by atoms with E-state index in [1.54, 1.807) is 0 Å². The van der Waals surface area contributed by atoms with Crippen molar-refractivity contribution < 1.29 is 0 Å². The summed E-state index contributed by atoms with van der Waals surface area (Å²) < 4.78 is 0. The van der Waals surface area contributed by atoms with E-state index < -0.39 is 0 Å². The van der Waals surface area contributed by atoms with Crippen LogP contribution in [0, 0.1) is 5.92 Å². The largest absolute Gasteiger partial charge is 0.370 e. The van der Waals surface area contributed by atoms with Crippen LogP contribution in [0.15, 0.2) is 6.07 Å². The van der Waals surface area contributed by atoms with Crippen LogP contribution in [0.25, 0.3) is 0 Å². The maximum absolute atomic E-state index is 4.76. The van der Waals surface area contributed by atoms with E-state index in [1.165, 1.54) is 44.9 Å². The van der Waals surface area contributed by atoms with Gasteiger partial charge in [0.15, 0.2) is 0 Å². The van der Waals surface area contributed by atoms with Gasteiger partial charge in [-0.05, 0) is 44.9 Å². The van der Waals surface area contributed by atoms with Gasteiger partial charge in [-0.3, -0.25) is 0 Å². The molecular weight excluding hydrogens is 260 g/mol. The fourth-order valence-electron chi connectivity index (χ4n) is 3.18. The van der Waals surface area contributed by atoms with E-state index in [9.17, 15) is 0 Å². The summed E-state index contributed by atoms with van der Waals surface area (Å²) in [5.74, 6) is 4.49. The van der Waals surface area contributed by atoms with Crippen molar-refractivity contribution in [1.82, 2.24) is 9.97 Å². The molecule has 1 aromatic rings. The first-order valence-corrected chi connectivity index (χ1v) is 8.64. The standard InChI is InChI=1S/C17H28N4/c1-3-18-15-11-16(21-17(20-15)13-8-9-13)19-14-6-4-5-12(2)7-10-14/h11-14H,3-10H2,1-2H3,(H2,18,19,20,21).